The fourth-order valence-corrected chi connectivity index (χ4v) is 4.61. The van der Waals surface area contributed by atoms with Crippen molar-refractivity contribution < 1.29 is 9.53 Å². The summed E-state index contributed by atoms with van der Waals surface area (Å²) in [4.78, 5) is 24.9. The Morgan fingerprint density at radius 1 is 1.09 bits per heavy atom. The van der Waals surface area contributed by atoms with Gasteiger partial charge in [-0.3, -0.25) is 4.79 Å². The van der Waals surface area contributed by atoms with Crippen molar-refractivity contribution in [3.05, 3.63) is 48.2 Å². The van der Waals surface area contributed by atoms with E-state index in [1.54, 1.807) is 0 Å². The number of nitrogens with zero attached hydrogens (tertiary/aromatic N) is 3. The van der Waals surface area contributed by atoms with Crippen LogP contribution in [0.5, 0.6) is 0 Å². The number of aromatic amines is 1. The molecule has 1 N–H and O–H groups in total. The molecule has 0 amide bonds. The quantitative estimate of drug-likeness (QED) is 0.355. The molecule has 1 saturated carbocycles. The predicted octanol–water partition coefficient (Wildman–Crippen LogP) is 6.47. The Labute approximate surface area is 220 Å². The van der Waals surface area contributed by atoms with Crippen LogP contribution in [-0.2, 0) is 16.0 Å². The number of carbonyl (C=O) groups excluding carboxylic acids is 1. The smallest absolute Gasteiger partial charge is 0.305 e. The first-order chi connectivity index (χ1) is 15.1. The predicted molar refractivity (Wildman–Crippen MR) is 148 cm³/mol. The van der Waals surface area contributed by atoms with Gasteiger partial charge in [0.05, 0.1) is 7.11 Å². The molecule has 4 rings (SSSR count). The zero-order chi connectivity index (χ0) is 21.8. The van der Waals surface area contributed by atoms with Crippen molar-refractivity contribution in [2.24, 2.45) is 0 Å². The largest absolute Gasteiger partial charge is 0.469 e. The third-order valence-corrected chi connectivity index (χ3v) is 6.27. The van der Waals surface area contributed by atoms with Gasteiger partial charge in [-0.1, -0.05) is 37.5 Å². The lowest BCUT2D eigenvalue weighted by atomic mass is 9.93. The first-order valence-electron chi connectivity index (χ1n) is 11.2. The second-order valence-electron chi connectivity index (χ2n) is 8.50. The van der Waals surface area contributed by atoms with Crippen molar-refractivity contribution in [2.75, 3.05) is 31.0 Å². The van der Waals surface area contributed by atoms with E-state index in [9.17, 15) is 4.79 Å². The number of aryl methyl sites for hydroxylation is 1. The number of pyridine rings is 1. The highest BCUT2D eigenvalue weighted by atomic mass is 35.5. The summed E-state index contributed by atoms with van der Waals surface area (Å²) in [6.07, 6.45) is 8.89. The van der Waals surface area contributed by atoms with Gasteiger partial charge in [0, 0.05) is 61.0 Å². The van der Waals surface area contributed by atoms with Crippen LogP contribution in [-0.4, -0.2) is 43.2 Å². The summed E-state index contributed by atoms with van der Waals surface area (Å²) in [6, 6.07) is 12.9. The standard InChI is InChI=1S/C25H32N4O2.3ClH/c1-28(2)19-15-16-26-23(17-19)29(18-9-5-4-6-10-18)25-21(13-14-24(30)31-3)20-11-7-8-12-22(20)27-25;;;/h7-8,11-12,15-18,27H,4-6,9-10,13-14H2,1-3H3;3*1H. The van der Waals surface area contributed by atoms with Gasteiger partial charge in [0.25, 0.3) is 0 Å². The Hall–Kier alpha value is -2.15. The molecule has 2 aromatic heterocycles. The van der Waals surface area contributed by atoms with E-state index >= 15 is 0 Å². The Bertz CT molecular complexity index is 1050. The SMILES string of the molecule is COC(=O)CCc1c(N(c2cc(N(C)C)ccn2)C2CCCCC2)[nH]c2ccccc12.Cl.Cl.Cl. The normalized spacial score (nSPS) is 13.3. The Morgan fingerprint density at radius 3 is 2.47 bits per heavy atom. The fraction of sp³-hybridized carbons (Fsp3) is 0.440. The van der Waals surface area contributed by atoms with E-state index in [2.05, 4.69) is 53.1 Å². The molecule has 0 bridgehead atoms. The molecule has 1 aliphatic rings. The minimum absolute atomic E-state index is 0. The number of anilines is 3. The maximum Gasteiger partial charge on any atom is 0.305 e. The zero-order valence-electron chi connectivity index (χ0n) is 20.0. The molecule has 188 valence electrons. The van der Waals surface area contributed by atoms with Crippen LogP contribution in [0.1, 0.15) is 44.1 Å². The molecule has 2 heterocycles. The number of para-hydroxylation sites is 1. The van der Waals surface area contributed by atoms with Crippen LogP contribution in [0.25, 0.3) is 10.9 Å². The second kappa shape index (κ2) is 13.7. The van der Waals surface area contributed by atoms with E-state index in [0.717, 1.165) is 46.6 Å². The number of H-pyrrole nitrogens is 1. The topological polar surface area (TPSA) is 61.5 Å². The number of nitrogens with one attached hydrogen (secondary N) is 1. The molecule has 0 spiro atoms. The van der Waals surface area contributed by atoms with Crippen molar-refractivity contribution in [2.45, 2.75) is 51.0 Å². The van der Waals surface area contributed by atoms with Gasteiger partial charge in [-0.25, -0.2) is 4.98 Å². The molecule has 1 fully saturated rings. The van der Waals surface area contributed by atoms with Crippen LogP contribution in [0, 0.1) is 0 Å². The molecule has 0 unspecified atom stereocenters. The summed E-state index contributed by atoms with van der Waals surface area (Å²) in [5.74, 6) is 1.82. The number of aromatic nitrogens is 2. The van der Waals surface area contributed by atoms with Crippen molar-refractivity contribution in [3.8, 4) is 0 Å². The third kappa shape index (κ3) is 6.49. The molecule has 1 aromatic carbocycles. The van der Waals surface area contributed by atoms with Crippen molar-refractivity contribution in [1.82, 2.24) is 9.97 Å². The number of ether oxygens (including phenoxy) is 1. The monoisotopic (exact) mass is 528 g/mol. The van der Waals surface area contributed by atoms with Gasteiger partial charge in [0.2, 0.25) is 0 Å². The van der Waals surface area contributed by atoms with Crippen LogP contribution in [0.3, 0.4) is 0 Å². The molecule has 9 heteroatoms. The number of hydrogen-bond acceptors (Lipinski definition) is 5. The molecule has 3 aromatic rings. The van der Waals surface area contributed by atoms with Gasteiger partial charge in [0.15, 0.2) is 0 Å². The van der Waals surface area contributed by atoms with Crippen LogP contribution in [0.15, 0.2) is 42.6 Å². The van der Waals surface area contributed by atoms with E-state index in [4.69, 9.17) is 9.72 Å². The number of hydrogen-bond donors (Lipinski definition) is 1. The van der Waals surface area contributed by atoms with Gasteiger partial charge in [-0.15, -0.1) is 37.2 Å². The van der Waals surface area contributed by atoms with Crippen molar-refractivity contribution >= 4 is 71.4 Å². The van der Waals surface area contributed by atoms with Gasteiger partial charge >= 0.3 is 5.97 Å². The number of carbonyl (C=O) groups is 1. The van der Waals surface area contributed by atoms with E-state index < -0.39 is 0 Å². The Balaban J connectivity index is 0.00000193. The summed E-state index contributed by atoms with van der Waals surface area (Å²) in [6.45, 7) is 0. The number of methoxy groups -OCH3 is 1. The fourth-order valence-electron chi connectivity index (χ4n) is 4.61. The highest BCUT2D eigenvalue weighted by Crippen LogP contribution is 2.39. The molecule has 6 nitrogen and oxygen atoms in total. The van der Waals surface area contributed by atoms with Crippen molar-refractivity contribution in [3.63, 3.8) is 0 Å². The minimum Gasteiger partial charge on any atom is -0.469 e. The van der Waals surface area contributed by atoms with Crippen LogP contribution >= 0.6 is 37.2 Å². The number of fused-ring (bicyclic) bond motifs is 1. The maximum absolute atomic E-state index is 12.0. The zero-order valence-corrected chi connectivity index (χ0v) is 22.4. The van der Waals surface area contributed by atoms with E-state index in [1.807, 2.05) is 18.3 Å². The molecular formula is C25H35Cl3N4O2. The lowest BCUT2D eigenvalue weighted by molar-refractivity contribution is -0.140. The molecule has 0 aliphatic heterocycles. The summed E-state index contributed by atoms with van der Waals surface area (Å²) in [5.41, 5.74) is 3.36. The van der Waals surface area contributed by atoms with Crippen LogP contribution in [0.4, 0.5) is 17.3 Å². The average molecular weight is 530 g/mol. The van der Waals surface area contributed by atoms with Gasteiger partial charge < -0.3 is 19.5 Å². The number of halogens is 3. The summed E-state index contributed by atoms with van der Waals surface area (Å²) in [5, 5.41) is 1.16. The number of esters is 1. The lowest BCUT2D eigenvalue weighted by Gasteiger charge is -2.35. The second-order valence-corrected chi connectivity index (χ2v) is 8.50. The molecular weight excluding hydrogens is 495 g/mol. The Morgan fingerprint density at radius 2 is 1.79 bits per heavy atom. The minimum atomic E-state index is -0.187. The molecule has 1 aliphatic carbocycles. The van der Waals surface area contributed by atoms with E-state index in [0.29, 0.717) is 18.9 Å². The highest BCUT2D eigenvalue weighted by molar-refractivity contribution is 5.91. The first kappa shape index (κ1) is 29.9. The maximum atomic E-state index is 12.0. The molecule has 34 heavy (non-hydrogen) atoms. The highest BCUT2D eigenvalue weighted by Gasteiger charge is 2.28. The summed E-state index contributed by atoms with van der Waals surface area (Å²) in [7, 11) is 5.55. The number of benzene rings is 1. The molecule has 0 saturated heterocycles. The van der Waals surface area contributed by atoms with Crippen LogP contribution < -0.4 is 9.80 Å². The lowest BCUT2D eigenvalue weighted by Crippen LogP contribution is -2.34. The van der Waals surface area contributed by atoms with E-state index in [-0.39, 0.29) is 43.2 Å². The molecule has 0 atom stereocenters. The average Bonchev–Trinajstić information content (AvgIpc) is 3.16. The molecule has 0 radical (unpaired) electrons. The summed E-state index contributed by atoms with van der Waals surface area (Å²) >= 11 is 0. The van der Waals surface area contributed by atoms with Gasteiger partial charge in [-0.05, 0) is 31.4 Å². The Kier molecular flexibility index (Phi) is 12.0. The van der Waals surface area contributed by atoms with Gasteiger partial charge in [0.1, 0.15) is 11.6 Å². The first-order valence-corrected chi connectivity index (χ1v) is 11.2. The number of rotatable bonds is 7. The summed E-state index contributed by atoms with van der Waals surface area (Å²) < 4.78 is 4.92. The van der Waals surface area contributed by atoms with Crippen LogP contribution in [0.2, 0.25) is 0 Å². The van der Waals surface area contributed by atoms with E-state index in [1.165, 1.54) is 26.4 Å². The van der Waals surface area contributed by atoms with Crippen molar-refractivity contribution in [1.29, 1.82) is 0 Å². The third-order valence-electron chi connectivity index (χ3n) is 6.27. The van der Waals surface area contributed by atoms with Gasteiger partial charge in [-0.2, -0.15) is 0 Å².